The number of hydrogen-bond acceptors (Lipinski definition) is 2. The maximum Gasteiger partial charge on any atom is 0.310 e. The molecule has 1 aliphatic carbocycles. The van der Waals surface area contributed by atoms with Crippen LogP contribution < -0.4 is 5.32 Å². The first-order valence-electron chi connectivity index (χ1n) is 6.42. The van der Waals surface area contributed by atoms with E-state index in [1.807, 2.05) is 0 Å². The summed E-state index contributed by atoms with van der Waals surface area (Å²) in [4.78, 5) is 23.5. The highest BCUT2D eigenvalue weighted by atomic mass is 35.5. The molecule has 2 rings (SSSR count). The number of carboxylic acid groups (broad SMARTS) is 1. The third kappa shape index (κ3) is 3.07. The molecule has 1 aliphatic rings. The number of carbonyl (C=O) groups is 2. The number of carbonyl (C=O) groups excluding carboxylic acids is 1. The van der Waals surface area contributed by atoms with E-state index in [1.165, 1.54) is 0 Å². The number of aliphatic carboxylic acids is 1. The molecule has 0 saturated heterocycles. The Morgan fingerprint density at radius 3 is 2.50 bits per heavy atom. The van der Waals surface area contributed by atoms with Crippen molar-refractivity contribution < 1.29 is 14.7 Å². The Balaban J connectivity index is 2.09. The molecule has 0 spiro atoms. The fourth-order valence-electron chi connectivity index (χ4n) is 2.62. The Labute approximate surface area is 127 Å². The largest absolute Gasteiger partial charge is 0.481 e. The van der Waals surface area contributed by atoms with E-state index in [0.717, 1.165) is 12.8 Å². The van der Waals surface area contributed by atoms with Crippen molar-refractivity contribution in [3.63, 3.8) is 0 Å². The molecule has 4 nitrogen and oxygen atoms in total. The van der Waals surface area contributed by atoms with Crippen molar-refractivity contribution >= 4 is 40.8 Å². The molecular weight excluding hydrogens is 301 g/mol. The Bertz CT molecular complexity index is 539. The quantitative estimate of drug-likeness (QED) is 0.883. The highest BCUT2D eigenvalue weighted by Crippen LogP contribution is 2.41. The molecule has 0 unspecified atom stereocenters. The molecule has 0 aliphatic heterocycles. The van der Waals surface area contributed by atoms with E-state index >= 15 is 0 Å². The Morgan fingerprint density at radius 1 is 1.25 bits per heavy atom. The Hall–Kier alpha value is -1.26. The van der Waals surface area contributed by atoms with Gasteiger partial charge in [0.15, 0.2) is 0 Å². The van der Waals surface area contributed by atoms with Crippen LogP contribution in [0.2, 0.25) is 10.0 Å². The Morgan fingerprint density at radius 2 is 1.90 bits per heavy atom. The van der Waals surface area contributed by atoms with Gasteiger partial charge in [-0.3, -0.25) is 9.59 Å². The molecule has 6 heteroatoms. The average molecular weight is 316 g/mol. The van der Waals surface area contributed by atoms with Crippen LogP contribution in [0.25, 0.3) is 0 Å². The first kappa shape index (κ1) is 15.1. The Kier molecular flexibility index (Phi) is 4.55. The third-order valence-electron chi connectivity index (χ3n) is 3.74. The van der Waals surface area contributed by atoms with Gasteiger partial charge in [0.05, 0.1) is 21.1 Å². The van der Waals surface area contributed by atoms with E-state index < -0.39 is 11.4 Å². The summed E-state index contributed by atoms with van der Waals surface area (Å²) < 4.78 is 0. The van der Waals surface area contributed by atoms with Gasteiger partial charge >= 0.3 is 5.97 Å². The minimum absolute atomic E-state index is 0.0365. The predicted octanol–water partition coefficient (Wildman–Crippen LogP) is 3.97. The molecule has 0 bridgehead atoms. The zero-order chi connectivity index (χ0) is 14.8. The first-order valence-corrected chi connectivity index (χ1v) is 7.17. The number of anilines is 1. The normalized spacial score (nSPS) is 16.9. The molecule has 2 N–H and O–H groups in total. The maximum absolute atomic E-state index is 12.1. The van der Waals surface area contributed by atoms with Gasteiger partial charge in [0, 0.05) is 6.42 Å². The van der Waals surface area contributed by atoms with Gasteiger partial charge in [0.2, 0.25) is 5.91 Å². The average Bonchev–Trinajstić information content (AvgIpc) is 2.85. The van der Waals surface area contributed by atoms with Crippen LogP contribution in [0.1, 0.15) is 32.1 Å². The zero-order valence-corrected chi connectivity index (χ0v) is 12.3. The number of hydrogen-bond donors (Lipinski definition) is 2. The van der Waals surface area contributed by atoms with Crippen LogP contribution in [-0.4, -0.2) is 17.0 Å². The predicted molar refractivity (Wildman–Crippen MR) is 78.2 cm³/mol. The molecule has 1 amide bonds. The second kappa shape index (κ2) is 6.02. The van der Waals surface area contributed by atoms with Gasteiger partial charge in [0.1, 0.15) is 0 Å². The van der Waals surface area contributed by atoms with E-state index in [2.05, 4.69) is 5.32 Å². The van der Waals surface area contributed by atoms with Gasteiger partial charge in [0.25, 0.3) is 0 Å². The van der Waals surface area contributed by atoms with Crippen LogP contribution in [0.3, 0.4) is 0 Å². The number of nitrogens with one attached hydrogen (secondary N) is 1. The second-order valence-electron chi connectivity index (χ2n) is 5.12. The number of carboxylic acids is 1. The molecule has 1 aromatic rings. The molecule has 0 heterocycles. The summed E-state index contributed by atoms with van der Waals surface area (Å²) in [7, 11) is 0. The van der Waals surface area contributed by atoms with Crippen molar-refractivity contribution in [2.45, 2.75) is 32.1 Å². The SMILES string of the molecule is O=C(CC1(C(=O)O)CCCC1)Nc1cccc(Cl)c1Cl. The minimum Gasteiger partial charge on any atom is -0.481 e. The van der Waals surface area contributed by atoms with Crippen molar-refractivity contribution in [1.82, 2.24) is 0 Å². The fraction of sp³-hybridized carbons (Fsp3) is 0.429. The number of benzene rings is 1. The molecule has 1 saturated carbocycles. The summed E-state index contributed by atoms with van der Waals surface area (Å²) in [5, 5.41) is 12.6. The van der Waals surface area contributed by atoms with Crippen molar-refractivity contribution in [3.05, 3.63) is 28.2 Å². The van der Waals surface area contributed by atoms with Gasteiger partial charge in [-0.25, -0.2) is 0 Å². The lowest BCUT2D eigenvalue weighted by atomic mass is 9.82. The van der Waals surface area contributed by atoms with Gasteiger partial charge < -0.3 is 10.4 Å². The lowest BCUT2D eigenvalue weighted by Crippen LogP contribution is -2.32. The highest BCUT2D eigenvalue weighted by Gasteiger charge is 2.43. The van der Waals surface area contributed by atoms with Crippen LogP contribution in [0, 0.1) is 5.41 Å². The van der Waals surface area contributed by atoms with Crippen molar-refractivity contribution in [3.8, 4) is 0 Å². The van der Waals surface area contributed by atoms with Gasteiger partial charge in [-0.15, -0.1) is 0 Å². The van der Waals surface area contributed by atoms with Gasteiger partial charge in [-0.05, 0) is 25.0 Å². The zero-order valence-electron chi connectivity index (χ0n) is 10.8. The second-order valence-corrected chi connectivity index (χ2v) is 5.90. The van der Waals surface area contributed by atoms with E-state index in [0.29, 0.717) is 23.6 Å². The van der Waals surface area contributed by atoms with Crippen molar-refractivity contribution in [2.24, 2.45) is 5.41 Å². The van der Waals surface area contributed by atoms with Crippen LogP contribution in [-0.2, 0) is 9.59 Å². The van der Waals surface area contributed by atoms with E-state index in [1.54, 1.807) is 18.2 Å². The molecule has 0 atom stereocenters. The topological polar surface area (TPSA) is 66.4 Å². The van der Waals surface area contributed by atoms with Crippen LogP contribution in [0.4, 0.5) is 5.69 Å². The lowest BCUT2D eigenvalue weighted by molar-refractivity contribution is -0.150. The summed E-state index contributed by atoms with van der Waals surface area (Å²) in [6.45, 7) is 0. The number of amides is 1. The van der Waals surface area contributed by atoms with Gasteiger partial charge in [-0.1, -0.05) is 42.1 Å². The van der Waals surface area contributed by atoms with E-state index in [-0.39, 0.29) is 17.4 Å². The molecule has 0 radical (unpaired) electrons. The summed E-state index contributed by atoms with van der Waals surface area (Å²) in [5.41, 5.74) is -0.530. The maximum atomic E-state index is 12.1. The van der Waals surface area contributed by atoms with Crippen molar-refractivity contribution in [2.75, 3.05) is 5.32 Å². The van der Waals surface area contributed by atoms with Gasteiger partial charge in [-0.2, -0.15) is 0 Å². The molecular formula is C14H15Cl2NO3. The number of rotatable bonds is 4. The van der Waals surface area contributed by atoms with Crippen LogP contribution in [0.5, 0.6) is 0 Å². The van der Waals surface area contributed by atoms with E-state index in [9.17, 15) is 14.7 Å². The highest BCUT2D eigenvalue weighted by molar-refractivity contribution is 6.43. The molecule has 108 valence electrons. The van der Waals surface area contributed by atoms with Crippen LogP contribution in [0.15, 0.2) is 18.2 Å². The first-order chi connectivity index (χ1) is 9.44. The monoisotopic (exact) mass is 315 g/mol. The molecule has 1 aromatic carbocycles. The third-order valence-corrected chi connectivity index (χ3v) is 4.56. The standard InChI is InChI=1S/C14H15Cl2NO3/c15-9-4-3-5-10(12(9)16)17-11(18)8-14(13(19)20)6-1-2-7-14/h3-5H,1-2,6-8H2,(H,17,18)(H,19,20). The lowest BCUT2D eigenvalue weighted by Gasteiger charge is -2.23. The van der Waals surface area contributed by atoms with E-state index in [4.69, 9.17) is 23.2 Å². The minimum atomic E-state index is -0.935. The van der Waals surface area contributed by atoms with Crippen LogP contribution >= 0.6 is 23.2 Å². The van der Waals surface area contributed by atoms with Crippen molar-refractivity contribution in [1.29, 1.82) is 0 Å². The summed E-state index contributed by atoms with van der Waals surface area (Å²) in [6.07, 6.45) is 2.73. The number of halogens is 2. The molecule has 20 heavy (non-hydrogen) atoms. The fourth-order valence-corrected chi connectivity index (χ4v) is 2.97. The molecule has 0 aromatic heterocycles. The summed E-state index contributed by atoms with van der Waals surface area (Å²) in [6, 6.07) is 4.93. The summed E-state index contributed by atoms with van der Waals surface area (Å²) >= 11 is 11.9. The summed E-state index contributed by atoms with van der Waals surface area (Å²) in [5.74, 6) is -1.25. The smallest absolute Gasteiger partial charge is 0.310 e. The molecule has 1 fully saturated rings.